The highest BCUT2D eigenvalue weighted by Crippen LogP contribution is 2.31. The van der Waals surface area contributed by atoms with Crippen molar-refractivity contribution in [3.63, 3.8) is 0 Å². The Labute approximate surface area is 176 Å². The zero-order chi connectivity index (χ0) is 20.1. The molecular formula is C22H28ClFN4O. The minimum Gasteiger partial charge on any atom is -0.381 e. The molecular weight excluding hydrogens is 391 g/mol. The van der Waals surface area contributed by atoms with E-state index in [4.69, 9.17) is 16.3 Å². The molecule has 0 spiro atoms. The molecule has 0 atom stereocenters. The lowest BCUT2D eigenvalue weighted by Gasteiger charge is -2.29. The number of nitrogens with one attached hydrogen (secondary N) is 2. The van der Waals surface area contributed by atoms with Gasteiger partial charge >= 0.3 is 0 Å². The maximum absolute atomic E-state index is 14.8. The number of nitrogens with zero attached hydrogens (tertiary/aromatic N) is 2. The molecule has 2 aromatic rings. The van der Waals surface area contributed by atoms with Crippen molar-refractivity contribution >= 4 is 23.2 Å². The number of pyridine rings is 2. The maximum Gasteiger partial charge on any atom is 0.132 e. The Bertz CT molecular complexity index is 822. The standard InChI is InChI=1S/C22H28ClFN4O/c23-18-14-25-21(27-16-5-2-1-3-6-16)13-17(18)19-7-4-8-20(28-19)26-15-22(24)9-11-29-12-10-22/h4,7-8,13-14,16H,1-3,5-6,9-12,15H2,(H,25,27)(H,26,28). The predicted molar refractivity (Wildman–Crippen MR) is 115 cm³/mol. The number of hydrogen-bond donors (Lipinski definition) is 2. The van der Waals surface area contributed by atoms with Gasteiger partial charge in [-0.3, -0.25) is 0 Å². The number of aromatic nitrogens is 2. The zero-order valence-corrected chi connectivity index (χ0v) is 17.3. The molecule has 0 unspecified atom stereocenters. The summed E-state index contributed by atoms with van der Waals surface area (Å²) in [7, 11) is 0. The third kappa shape index (κ3) is 5.37. The van der Waals surface area contributed by atoms with E-state index in [-0.39, 0.29) is 6.54 Å². The van der Waals surface area contributed by atoms with Crippen molar-refractivity contribution < 1.29 is 9.13 Å². The number of alkyl halides is 1. The number of anilines is 2. The van der Waals surface area contributed by atoms with Crippen molar-refractivity contribution in [2.45, 2.75) is 56.7 Å². The second kappa shape index (κ2) is 9.26. The largest absolute Gasteiger partial charge is 0.381 e. The molecule has 156 valence electrons. The lowest BCUT2D eigenvalue weighted by Crippen LogP contribution is -2.38. The highest BCUT2D eigenvalue weighted by atomic mass is 35.5. The molecule has 0 aromatic carbocycles. The van der Waals surface area contributed by atoms with Gasteiger partial charge in [-0.15, -0.1) is 0 Å². The highest BCUT2D eigenvalue weighted by molar-refractivity contribution is 6.33. The van der Waals surface area contributed by atoms with Crippen LogP contribution in [0.25, 0.3) is 11.3 Å². The van der Waals surface area contributed by atoms with Gasteiger partial charge < -0.3 is 15.4 Å². The summed E-state index contributed by atoms with van der Waals surface area (Å²) in [5.41, 5.74) is 0.320. The lowest BCUT2D eigenvalue weighted by atomic mass is 9.95. The van der Waals surface area contributed by atoms with Gasteiger partial charge in [0.15, 0.2) is 0 Å². The molecule has 3 heterocycles. The molecule has 2 aliphatic rings. The van der Waals surface area contributed by atoms with Crippen molar-refractivity contribution in [2.24, 2.45) is 0 Å². The molecule has 1 aliphatic heterocycles. The molecule has 29 heavy (non-hydrogen) atoms. The van der Waals surface area contributed by atoms with Crippen LogP contribution in [0.2, 0.25) is 5.02 Å². The van der Waals surface area contributed by atoms with Crippen LogP contribution in [-0.2, 0) is 4.74 Å². The average Bonchev–Trinajstić information content (AvgIpc) is 2.75. The van der Waals surface area contributed by atoms with Gasteiger partial charge in [0.05, 0.1) is 17.3 Å². The van der Waals surface area contributed by atoms with Gasteiger partial charge in [-0.2, -0.15) is 0 Å². The van der Waals surface area contributed by atoms with Gasteiger partial charge in [-0.25, -0.2) is 14.4 Å². The first-order valence-corrected chi connectivity index (χ1v) is 10.9. The van der Waals surface area contributed by atoms with E-state index in [0.29, 0.717) is 42.9 Å². The molecule has 2 fully saturated rings. The number of ether oxygens (including phenoxy) is 1. The minimum absolute atomic E-state index is 0.228. The van der Waals surface area contributed by atoms with Crippen molar-refractivity contribution in [3.8, 4) is 11.3 Å². The van der Waals surface area contributed by atoms with Gasteiger partial charge in [0.2, 0.25) is 0 Å². The third-order valence-electron chi connectivity index (χ3n) is 5.81. The molecule has 0 amide bonds. The van der Waals surface area contributed by atoms with Gasteiger partial charge in [0, 0.05) is 43.9 Å². The summed E-state index contributed by atoms with van der Waals surface area (Å²) in [5.74, 6) is 1.46. The fourth-order valence-electron chi connectivity index (χ4n) is 4.02. The summed E-state index contributed by atoms with van der Waals surface area (Å²) >= 11 is 6.42. The maximum atomic E-state index is 14.8. The molecule has 4 rings (SSSR count). The number of rotatable bonds is 6. The summed E-state index contributed by atoms with van der Waals surface area (Å²) in [4.78, 5) is 9.10. The van der Waals surface area contributed by atoms with Crippen molar-refractivity contribution in [2.75, 3.05) is 30.4 Å². The van der Waals surface area contributed by atoms with E-state index in [9.17, 15) is 4.39 Å². The highest BCUT2D eigenvalue weighted by Gasteiger charge is 2.32. The predicted octanol–water partition coefficient (Wildman–Crippen LogP) is 5.47. The van der Waals surface area contributed by atoms with Crippen LogP contribution >= 0.6 is 11.6 Å². The molecule has 5 nitrogen and oxygen atoms in total. The second-order valence-corrected chi connectivity index (χ2v) is 8.46. The lowest BCUT2D eigenvalue weighted by molar-refractivity contribution is -0.00119. The Morgan fingerprint density at radius 2 is 1.93 bits per heavy atom. The van der Waals surface area contributed by atoms with Crippen molar-refractivity contribution in [1.82, 2.24) is 9.97 Å². The Morgan fingerprint density at radius 3 is 2.72 bits per heavy atom. The van der Waals surface area contributed by atoms with Crippen LogP contribution in [-0.4, -0.2) is 41.4 Å². The van der Waals surface area contributed by atoms with E-state index in [1.807, 2.05) is 24.3 Å². The summed E-state index contributed by atoms with van der Waals surface area (Å²) in [6, 6.07) is 8.09. The van der Waals surface area contributed by atoms with Crippen LogP contribution in [0.15, 0.2) is 30.5 Å². The number of halogens is 2. The summed E-state index contributed by atoms with van der Waals surface area (Å²) in [6.45, 7) is 1.16. The Hall–Kier alpha value is -1.92. The van der Waals surface area contributed by atoms with Gasteiger partial charge in [-0.05, 0) is 31.0 Å². The first-order valence-electron chi connectivity index (χ1n) is 10.5. The van der Waals surface area contributed by atoms with E-state index >= 15 is 0 Å². The summed E-state index contributed by atoms with van der Waals surface area (Å²) in [5, 5.41) is 7.23. The molecule has 2 N–H and O–H groups in total. The topological polar surface area (TPSA) is 59.1 Å². The SMILES string of the molecule is FC1(CNc2cccc(-c3cc(NC4CCCCC4)ncc3Cl)n2)CCOCC1. The van der Waals surface area contributed by atoms with Crippen molar-refractivity contribution in [3.05, 3.63) is 35.5 Å². The monoisotopic (exact) mass is 418 g/mol. The van der Waals surface area contributed by atoms with Gasteiger partial charge in [0.1, 0.15) is 17.3 Å². The fraction of sp³-hybridized carbons (Fsp3) is 0.545. The smallest absolute Gasteiger partial charge is 0.132 e. The van der Waals surface area contributed by atoms with Crippen molar-refractivity contribution in [1.29, 1.82) is 0 Å². The van der Waals surface area contributed by atoms with Crippen LogP contribution in [0.4, 0.5) is 16.0 Å². The molecule has 1 aliphatic carbocycles. The fourth-order valence-corrected chi connectivity index (χ4v) is 4.22. The summed E-state index contributed by atoms with van der Waals surface area (Å²) in [6.07, 6.45) is 8.67. The van der Waals surface area contributed by atoms with E-state index in [1.165, 1.54) is 32.1 Å². The Morgan fingerprint density at radius 1 is 1.14 bits per heavy atom. The normalized spacial score (nSPS) is 19.7. The molecule has 0 radical (unpaired) electrons. The van der Waals surface area contributed by atoms with E-state index < -0.39 is 5.67 Å². The van der Waals surface area contributed by atoms with Crippen LogP contribution in [0, 0.1) is 0 Å². The van der Waals surface area contributed by atoms with Gasteiger partial charge in [0.25, 0.3) is 0 Å². The molecule has 2 aromatic heterocycles. The quantitative estimate of drug-likeness (QED) is 0.651. The summed E-state index contributed by atoms with van der Waals surface area (Å²) < 4.78 is 20.1. The molecule has 1 saturated heterocycles. The molecule has 0 bridgehead atoms. The Balaban J connectivity index is 1.47. The minimum atomic E-state index is -1.25. The van der Waals surface area contributed by atoms with Crippen LogP contribution in [0.1, 0.15) is 44.9 Å². The van der Waals surface area contributed by atoms with E-state index in [2.05, 4.69) is 20.6 Å². The molecule has 1 saturated carbocycles. The molecule has 7 heteroatoms. The first-order chi connectivity index (χ1) is 14.1. The van der Waals surface area contributed by atoms with Crippen LogP contribution < -0.4 is 10.6 Å². The van der Waals surface area contributed by atoms with E-state index in [1.54, 1.807) is 6.20 Å². The van der Waals surface area contributed by atoms with Crippen LogP contribution in [0.3, 0.4) is 0 Å². The average molecular weight is 419 g/mol. The number of hydrogen-bond acceptors (Lipinski definition) is 5. The third-order valence-corrected chi connectivity index (χ3v) is 6.11. The first kappa shape index (κ1) is 20.4. The van der Waals surface area contributed by atoms with Crippen LogP contribution in [0.5, 0.6) is 0 Å². The van der Waals surface area contributed by atoms with E-state index in [0.717, 1.165) is 17.1 Å². The van der Waals surface area contributed by atoms with Gasteiger partial charge in [-0.1, -0.05) is 36.9 Å². The zero-order valence-electron chi connectivity index (χ0n) is 16.6. The Kier molecular flexibility index (Phi) is 6.50. The second-order valence-electron chi connectivity index (χ2n) is 8.05.